The van der Waals surface area contributed by atoms with Gasteiger partial charge in [-0.1, -0.05) is 27.2 Å². The summed E-state index contributed by atoms with van der Waals surface area (Å²) in [6.07, 6.45) is 6.23. The summed E-state index contributed by atoms with van der Waals surface area (Å²) in [5.41, 5.74) is 6.18. The molecular formula is C15H34N2. The maximum absolute atomic E-state index is 5.93. The summed E-state index contributed by atoms with van der Waals surface area (Å²) >= 11 is 0. The van der Waals surface area contributed by atoms with Crippen molar-refractivity contribution in [3.63, 3.8) is 0 Å². The molecule has 0 saturated heterocycles. The lowest BCUT2D eigenvalue weighted by atomic mass is 10.0. The Morgan fingerprint density at radius 3 is 2.00 bits per heavy atom. The quantitative estimate of drug-likeness (QED) is 0.688. The van der Waals surface area contributed by atoms with E-state index in [1.807, 2.05) is 0 Å². The number of nitrogens with one attached hydrogen (secondary N) is 1. The average molecular weight is 242 g/mol. The van der Waals surface area contributed by atoms with Crippen molar-refractivity contribution in [2.24, 2.45) is 11.7 Å². The smallest absolute Gasteiger partial charge is 0.00990 e. The Morgan fingerprint density at radius 1 is 1.00 bits per heavy atom. The van der Waals surface area contributed by atoms with Crippen LogP contribution in [0.5, 0.6) is 0 Å². The van der Waals surface area contributed by atoms with Gasteiger partial charge in [0.05, 0.1) is 0 Å². The van der Waals surface area contributed by atoms with Crippen molar-refractivity contribution in [1.82, 2.24) is 5.32 Å². The summed E-state index contributed by atoms with van der Waals surface area (Å²) in [6.45, 7) is 13.2. The minimum absolute atomic E-state index is 0.249. The molecule has 1 aliphatic carbocycles. The van der Waals surface area contributed by atoms with E-state index in [1.54, 1.807) is 0 Å². The van der Waals surface area contributed by atoms with Crippen molar-refractivity contribution in [1.29, 1.82) is 0 Å². The number of hydrogen-bond donors (Lipinski definition) is 2. The van der Waals surface area contributed by atoms with Gasteiger partial charge in [0.2, 0.25) is 0 Å². The second kappa shape index (κ2) is 8.10. The summed E-state index contributed by atoms with van der Waals surface area (Å²) in [4.78, 5) is 0. The van der Waals surface area contributed by atoms with E-state index in [1.165, 1.54) is 32.1 Å². The molecule has 3 N–H and O–H groups in total. The summed E-state index contributed by atoms with van der Waals surface area (Å²) < 4.78 is 0. The highest BCUT2D eigenvalue weighted by Crippen LogP contribution is 2.18. The van der Waals surface area contributed by atoms with Gasteiger partial charge in [-0.2, -0.15) is 0 Å². The van der Waals surface area contributed by atoms with Crippen molar-refractivity contribution in [3.05, 3.63) is 0 Å². The first-order valence-electron chi connectivity index (χ1n) is 7.24. The maximum atomic E-state index is 5.93. The predicted octanol–water partition coefficient (Wildman–Crippen LogP) is 3.70. The molecule has 0 aromatic carbocycles. The highest BCUT2D eigenvalue weighted by atomic mass is 15.0. The molecule has 0 radical (unpaired) electrons. The van der Waals surface area contributed by atoms with Crippen LogP contribution in [0.25, 0.3) is 0 Å². The average Bonchev–Trinajstić information content (AvgIpc) is 2.27. The van der Waals surface area contributed by atoms with Gasteiger partial charge in [0.25, 0.3) is 0 Å². The molecular weight excluding hydrogens is 208 g/mol. The van der Waals surface area contributed by atoms with Crippen LogP contribution < -0.4 is 11.1 Å². The Bertz CT molecular complexity index is 179. The predicted molar refractivity (Wildman–Crippen MR) is 78.2 cm³/mol. The van der Waals surface area contributed by atoms with Crippen LogP contribution in [0.3, 0.4) is 0 Å². The van der Waals surface area contributed by atoms with Gasteiger partial charge < -0.3 is 11.1 Å². The van der Waals surface area contributed by atoms with Crippen LogP contribution in [-0.4, -0.2) is 17.6 Å². The lowest BCUT2D eigenvalue weighted by molar-refractivity contribution is 0.334. The van der Waals surface area contributed by atoms with Crippen molar-refractivity contribution in [3.8, 4) is 0 Å². The molecule has 2 atom stereocenters. The molecule has 0 spiro atoms. The Hall–Kier alpha value is -0.0800. The Labute approximate surface area is 109 Å². The first-order chi connectivity index (χ1) is 7.70. The fraction of sp³-hybridized carbons (Fsp3) is 1.00. The van der Waals surface area contributed by atoms with Crippen LogP contribution in [0.15, 0.2) is 0 Å². The van der Waals surface area contributed by atoms with Gasteiger partial charge in [0.1, 0.15) is 0 Å². The Morgan fingerprint density at radius 2 is 1.53 bits per heavy atom. The van der Waals surface area contributed by atoms with Crippen LogP contribution >= 0.6 is 0 Å². The molecule has 1 saturated carbocycles. The van der Waals surface area contributed by atoms with E-state index >= 15 is 0 Å². The third-order valence-electron chi connectivity index (χ3n) is 2.65. The van der Waals surface area contributed by atoms with Crippen LogP contribution in [0.4, 0.5) is 0 Å². The van der Waals surface area contributed by atoms with Gasteiger partial charge in [0, 0.05) is 17.6 Å². The van der Waals surface area contributed by atoms with Gasteiger partial charge in [-0.05, 0) is 52.4 Å². The van der Waals surface area contributed by atoms with Crippen LogP contribution in [0, 0.1) is 5.92 Å². The third-order valence-corrected chi connectivity index (χ3v) is 2.65. The largest absolute Gasteiger partial charge is 0.328 e. The lowest BCUT2D eigenvalue weighted by Crippen LogP contribution is -2.43. The van der Waals surface area contributed by atoms with Crippen LogP contribution in [0.2, 0.25) is 0 Å². The highest BCUT2D eigenvalue weighted by Gasteiger charge is 2.20. The first-order valence-corrected chi connectivity index (χ1v) is 7.24. The Kier molecular flexibility index (Phi) is 8.06. The van der Waals surface area contributed by atoms with Crippen molar-refractivity contribution in [2.45, 2.75) is 91.3 Å². The van der Waals surface area contributed by atoms with Crippen molar-refractivity contribution in [2.75, 3.05) is 0 Å². The molecule has 0 amide bonds. The molecule has 1 aliphatic rings. The van der Waals surface area contributed by atoms with E-state index in [-0.39, 0.29) is 5.54 Å². The molecule has 2 nitrogen and oxygen atoms in total. The van der Waals surface area contributed by atoms with E-state index in [0.717, 1.165) is 5.92 Å². The van der Waals surface area contributed by atoms with E-state index in [9.17, 15) is 0 Å². The normalized spacial score (nSPS) is 26.1. The van der Waals surface area contributed by atoms with Crippen LogP contribution in [-0.2, 0) is 0 Å². The fourth-order valence-electron chi connectivity index (χ4n) is 2.09. The minimum atomic E-state index is 0.249. The molecule has 17 heavy (non-hydrogen) atoms. The first kappa shape index (κ1) is 16.9. The fourth-order valence-corrected chi connectivity index (χ4v) is 2.09. The van der Waals surface area contributed by atoms with Crippen LogP contribution in [0.1, 0.15) is 73.6 Å². The zero-order valence-corrected chi connectivity index (χ0v) is 12.8. The molecule has 0 aromatic rings. The Balaban J connectivity index is 0.000000557. The zero-order valence-electron chi connectivity index (χ0n) is 12.8. The summed E-state index contributed by atoms with van der Waals surface area (Å²) in [5.74, 6) is 0.833. The zero-order chi connectivity index (χ0) is 13.5. The maximum Gasteiger partial charge on any atom is 0.00990 e. The minimum Gasteiger partial charge on any atom is -0.328 e. The molecule has 0 aliphatic heterocycles. The summed E-state index contributed by atoms with van der Waals surface area (Å²) in [7, 11) is 0. The molecule has 1 fully saturated rings. The van der Waals surface area contributed by atoms with Gasteiger partial charge in [-0.3, -0.25) is 0 Å². The highest BCUT2D eigenvalue weighted by molar-refractivity contribution is 4.81. The summed E-state index contributed by atoms with van der Waals surface area (Å²) in [6, 6.07) is 1.14. The summed E-state index contributed by atoms with van der Waals surface area (Å²) in [5, 5.41) is 3.66. The topological polar surface area (TPSA) is 38.0 Å². The third kappa shape index (κ3) is 12.2. The van der Waals surface area contributed by atoms with E-state index < -0.39 is 0 Å². The van der Waals surface area contributed by atoms with Gasteiger partial charge in [0.15, 0.2) is 0 Å². The lowest BCUT2D eigenvalue weighted by Gasteiger charge is -2.27. The van der Waals surface area contributed by atoms with Gasteiger partial charge in [-0.25, -0.2) is 0 Å². The molecule has 0 aromatic heterocycles. The molecule has 0 bridgehead atoms. The number of nitrogens with two attached hydrogens (primary N) is 1. The second-order valence-electron chi connectivity index (χ2n) is 7.09. The van der Waals surface area contributed by atoms with E-state index in [4.69, 9.17) is 5.73 Å². The molecule has 0 heterocycles. The molecule has 2 heteroatoms. The number of hydrogen-bond acceptors (Lipinski definition) is 2. The molecule has 104 valence electrons. The van der Waals surface area contributed by atoms with E-state index in [2.05, 4.69) is 46.9 Å². The standard InChI is InChI=1S/C11H24N2.C4H10/c1-11(2,3)13-10-6-4-5-9(12)7-8-10;1-4(2)3/h9-10,13H,4-8,12H2,1-3H3;4H,1-3H3. The molecule has 2 unspecified atom stereocenters. The van der Waals surface area contributed by atoms with Crippen molar-refractivity contribution < 1.29 is 0 Å². The SMILES string of the molecule is CC(C)(C)NC1CCCC(N)CC1.CC(C)C. The second-order valence-corrected chi connectivity index (χ2v) is 7.09. The monoisotopic (exact) mass is 242 g/mol. The molecule has 1 rings (SSSR count). The van der Waals surface area contributed by atoms with Gasteiger partial charge >= 0.3 is 0 Å². The van der Waals surface area contributed by atoms with Crippen molar-refractivity contribution >= 4 is 0 Å². The number of rotatable bonds is 1. The van der Waals surface area contributed by atoms with E-state index in [0.29, 0.717) is 12.1 Å². The van der Waals surface area contributed by atoms with Gasteiger partial charge in [-0.15, -0.1) is 0 Å².